The van der Waals surface area contributed by atoms with Crippen molar-refractivity contribution in [2.75, 3.05) is 37.9 Å². The summed E-state index contributed by atoms with van der Waals surface area (Å²) in [6.45, 7) is 2.47. The molecule has 1 fully saturated rings. The summed E-state index contributed by atoms with van der Waals surface area (Å²) in [7, 11) is 2.14. The first-order chi connectivity index (χ1) is 18.0. The largest absolute Gasteiger partial charge is 0.397 e. The second-order valence-corrected chi connectivity index (χ2v) is 9.74. The lowest BCUT2D eigenvalue weighted by Gasteiger charge is -2.32. The SMILES string of the molecule is CN1CCOCC1c1ccc(-c2ccc(C(=O)CCCCCCC(=O)Nc3ccccc3N)cc2)cc1. The molecule has 0 radical (unpaired) electrons. The molecule has 0 aromatic heterocycles. The third kappa shape index (κ3) is 7.51. The van der Waals surface area contributed by atoms with E-state index in [9.17, 15) is 9.59 Å². The van der Waals surface area contributed by atoms with Gasteiger partial charge in [-0.2, -0.15) is 0 Å². The van der Waals surface area contributed by atoms with Crippen LogP contribution in [0, 0.1) is 0 Å². The van der Waals surface area contributed by atoms with Crippen molar-refractivity contribution in [2.24, 2.45) is 0 Å². The highest BCUT2D eigenvalue weighted by atomic mass is 16.5. The normalized spacial score (nSPS) is 15.9. The first kappa shape index (κ1) is 26.6. The summed E-state index contributed by atoms with van der Waals surface area (Å²) >= 11 is 0. The summed E-state index contributed by atoms with van der Waals surface area (Å²) < 4.78 is 5.64. The zero-order chi connectivity index (χ0) is 26.0. The number of hydrogen-bond acceptors (Lipinski definition) is 5. The van der Waals surface area contributed by atoms with Crippen LogP contribution in [0.15, 0.2) is 72.8 Å². The van der Waals surface area contributed by atoms with Crippen molar-refractivity contribution >= 4 is 23.1 Å². The number of amides is 1. The summed E-state index contributed by atoms with van der Waals surface area (Å²) in [4.78, 5) is 27.1. The number of benzene rings is 3. The molecule has 0 spiro atoms. The van der Waals surface area contributed by atoms with Crippen molar-refractivity contribution in [3.63, 3.8) is 0 Å². The van der Waals surface area contributed by atoms with E-state index in [1.807, 2.05) is 36.4 Å². The number of para-hydroxylation sites is 2. The van der Waals surface area contributed by atoms with E-state index in [0.717, 1.165) is 62.1 Å². The molecule has 4 rings (SSSR count). The Bertz CT molecular complexity index is 1180. The van der Waals surface area contributed by atoms with Crippen LogP contribution in [0.1, 0.15) is 60.5 Å². The van der Waals surface area contributed by atoms with E-state index in [1.165, 1.54) is 5.56 Å². The number of rotatable bonds is 11. The van der Waals surface area contributed by atoms with E-state index in [1.54, 1.807) is 12.1 Å². The van der Waals surface area contributed by atoms with Crippen molar-refractivity contribution < 1.29 is 14.3 Å². The number of nitrogens with zero attached hydrogens (tertiary/aromatic N) is 1. The fraction of sp³-hybridized carbons (Fsp3) is 0.355. The number of anilines is 2. The molecule has 1 heterocycles. The first-order valence-electron chi connectivity index (χ1n) is 13.2. The highest BCUT2D eigenvalue weighted by molar-refractivity contribution is 5.96. The predicted molar refractivity (Wildman–Crippen MR) is 150 cm³/mol. The Balaban J connectivity index is 1.17. The summed E-state index contributed by atoms with van der Waals surface area (Å²) in [6.07, 6.45) is 4.45. The van der Waals surface area contributed by atoms with E-state index in [2.05, 4.69) is 41.5 Å². The number of nitrogen functional groups attached to an aromatic ring is 1. The number of ketones is 1. The predicted octanol–water partition coefficient (Wildman–Crippen LogP) is 6.10. The van der Waals surface area contributed by atoms with Gasteiger partial charge in [0.15, 0.2) is 5.78 Å². The minimum atomic E-state index is -0.0287. The van der Waals surface area contributed by atoms with Crippen LogP contribution >= 0.6 is 0 Å². The Hall–Kier alpha value is -3.48. The van der Waals surface area contributed by atoms with Crippen molar-refractivity contribution in [1.82, 2.24) is 4.90 Å². The minimum absolute atomic E-state index is 0.0287. The van der Waals surface area contributed by atoms with Gasteiger partial charge in [0.2, 0.25) is 5.91 Å². The van der Waals surface area contributed by atoms with Gasteiger partial charge in [0, 0.05) is 24.9 Å². The van der Waals surface area contributed by atoms with Gasteiger partial charge in [-0.05, 0) is 48.7 Å². The maximum Gasteiger partial charge on any atom is 0.224 e. The molecule has 1 saturated heterocycles. The molecule has 1 aliphatic rings. The van der Waals surface area contributed by atoms with Gasteiger partial charge in [-0.3, -0.25) is 14.5 Å². The number of nitrogens with two attached hydrogens (primary N) is 1. The lowest BCUT2D eigenvalue weighted by molar-refractivity contribution is -0.116. The topological polar surface area (TPSA) is 84.7 Å². The quantitative estimate of drug-likeness (QED) is 0.189. The van der Waals surface area contributed by atoms with Crippen LogP contribution in [-0.2, 0) is 9.53 Å². The van der Waals surface area contributed by atoms with E-state index in [-0.39, 0.29) is 11.7 Å². The molecule has 1 amide bonds. The van der Waals surface area contributed by atoms with Gasteiger partial charge in [0.25, 0.3) is 0 Å². The van der Waals surface area contributed by atoms with Crippen LogP contribution in [0.4, 0.5) is 11.4 Å². The van der Waals surface area contributed by atoms with Crippen molar-refractivity contribution in [2.45, 2.75) is 44.6 Å². The third-order valence-corrected chi connectivity index (χ3v) is 7.02. The molecule has 0 saturated carbocycles. The fourth-order valence-electron chi connectivity index (χ4n) is 4.68. The van der Waals surface area contributed by atoms with Crippen LogP contribution in [0.2, 0.25) is 0 Å². The molecule has 0 aliphatic carbocycles. The Morgan fingerprint density at radius 3 is 2.22 bits per heavy atom. The maximum atomic E-state index is 12.6. The average molecular weight is 500 g/mol. The molecule has 1 atom stereocenters. The molecule has 194 valence electrons. The molecule has 3 aromatic rings. The monoisotopic (exact) mass is 499 g/mol. The second kappa shape index (κ2) is 13.2. The molecular weight excluding hydrogens is 462 g/mol. The maximum absolute atomic E-state index is 12.6. The molecule has 3 N–H and O–H groups in total. The molecule has 6 heteroatoms. The Labute approximate surface area is 219 Å². The number of ether oxygens (including phenoxy) is 1. The van der Waals surface area contributed by atoms with Crippen LogP contribution in [0.5, 0.6) is 0 Å². The van der Waals surface area contributed by atoms with E-state index in [0.29, 0.717) is 30.3 Å². The number of hydrogen-bond donors (Lipinski definition) is 2. The van der Waals surface area contributed by atoms with Crippen molar-refractivity contribution in [1.29, 1.82) is 0 Å². The smallest absolute Gasteiger partial charge is 0.224 e. The molecule has 1 aliphatic heterocycles. The molecule has 6 nitrogen and oxygen atoms in total. The minimum Gasteiger partial charge on any atom is -0.397 e. The Kier molecular flexibility index (Phi) is 9.46. The number of Topliss-reactive ketones (excluding diaryl/α,β-unsaturated/α-hetero) is 1. The number of unbranched alkanes of at least 4 members (excludes halogenated alkanes) is 3. The fourth-order valence-corrected chi connectivity index (χ4v) is 4.68. The highest BCUT2D eigenvalue weighted by Gasteiger charge is 2.21. The molecule has 0 bridgehead atoms. The van der Waals surface area contributed by atoms with Gasteiger partial charge >= 0.3 is 0 Å². The highest BCUT2D eigenvalue weighted by Crippen LogP contribution is 2.27. The average Bonchev–Trinajstić information content (AvgIpc) is 2.92. The van der Waals surface area contributed by atoms with Crippen molar-refractivity contribution in [3.05, 3.63) is 83.9 Å². The number of nitrogens with one attached hydrogen (secondary N) is 1. The van der Waals surface area contributed by atoms with Gasteiger partial charge in [-0.1, -0.05) is 73.5 Å². The van der Waals surface area contributed by atoms with E-state index >= 15 is 0 Å². The Morgan fingerprint density at radius 1 is 0.892 bits per heavy atom. The molecule has 3 aromatic carbocycles. The summed E-state index contributed by atoms with van der Waals surface area (Å²) in [5.41, 5.74) is 11.3. The number of carbonyl (C=O) groups excluding carboxylic acids is 2. The van der Waals surface area contributed by atoms with Crippen LogP contribution in [0.3, 0.4) is 0 Å². The zero-order valence-electron chi connectivity index (χ0n) is 21.6. The van der Waals surface area contributed by atoms with Gasteiger partial charge in [-0.15, -0.1) is 0 Å². The Morgan fingerprint density at radius 2 is 1.54 bits per heavy atom. The van der Waals surface area contributed by atoms with Crippen molar-refractivity contribution in [3.8, 4) is 11.1 Å². The summed E-state index contributed by atoms with van der Waals surface area (Å²) in [5.74, 6) is 0.138. The van der Waals surface area contributed by atoms with E-state index < -0.39 is 0 Å². The van der Waals surface area contributed by atoms with E-state index in [4.69, 9.17) is 10.5 Å². The molecule has 1 unspecified atom stereocenters. The zero-order valence-corrected chi connectivity index (χ0v) is 21.6. The van der Waals surface area contributed by atoms with Gasteiger partial charge < -0.3 is 15.8 Å². The third-order valence-electron chi connectivity index (χ3n) is 7.02. The number of carbonyl (C=O) groups is 2. The van der Waals surface area contributed by atoms with Gasteiger partial charge in [0.1, 0.15) is 0 Å². The molecular formula is C31H37N3O3. The lowest BCUT2D eigenvalue weighted by Crippen LogP contribution is -2.36. The second-order valence-electron chi connectivity index (χ2n) is 9.74. The lowest BCUT2D eigenvalue weighted by atomic mass is 9.97. The van der Waals surface area contributed by atoms with Gasteiger partial charge in [0.05, 0.1) is 30.6 Å². The summed E-state index contributed by atoms with van der Waals surface area (Å²) in [5, 5.41) is 2.85. The number of likely N-dealkylation sites (N-methyl/N-ethyl adjacent to an activating group) is 1. The van der Waals surface area contributed by atoms with Crippen LogP contribution in [0.25, 0.3) is 11.1 Å². The van der Waals surface area contributed by atoms with Crippen LogP contribution < -0.4 is 11.1 Å². The molecule has 37 heavy (non-hydrogen) atoms. The first-order valence-corrected chi connectivity index (χ1v) is 13.2. The van der Waals surface area contributed by atoms with Crippen LogP contribution in [-0.4, -0.2) is 43.4 Å². The summed E-state index contributed by atoms with van der Waals surface area (Å²) in [6, 6.07) is 24.1. The van der Waals surface area contributed by atoms with Gasteiger partial charge in [-0.25, -0.2) is 0 Å². The number of morpholine rings is 1. The standard InChI is InChI=1S/C31H37N3O3/c1-34-20-21-37-22-29(34)25-16-12-23(13-17-25)24-14-18-26(19-15-24)30(35)10-4-2-3-5-11-31(36)33-28-9-7-6-8-27(28)32/h6-9,12-19,29H,2-5,10-11,20-22,32H2,1H3,(H,33,36).